The van der Waals surface area contributed by atoms with Crippen molar-refractivity contribution in [3.05, 3.63) is 65.7 Å². The van der Waals surface area contributed by atoms with Gasteiger partial charge in [-0.2, -0.15) is 83.1 Å². The van der Waals surface area contributed by atoms with Crippen molar-refractivity contribution in [2.75, 3.05) is 0 Å². The molecule has 0 bridgehead atoms. The highest BCUT2D eigenvalue weighted by atomic mass is 32.2. The topological polar surface area (TPSA) is 43.4 Å². The fourth-order valence-electron chi connectivity index (χ4n) is 4.64. The first-order valence-corrected chi connectivity index (χ1v) is 13.7. The van der Waals surface area contributed by atoms with Gasteiger partial charge in [0.1, 0.15) is 6.10 Å². The van der Waals surface area contributed by atoms with Gasteiger partial charge in [0, 0.05) is 0 Å². The molecular formula is C26H13F17O3S. The Morgan fingerprint density at radius 1 is 0.553 bits per heavy atom. The van der Waals surface area contributed by atoms with Crippen molar-refractivity contribution in [2.45, 2.75) is 59.5 Å². The average molecular weight is 728 g/mol. The number of alkyl halides is 17. The number of benzene rings is 3. The molecule has 0 heterocycles. The van der Waals surface area contributed by atoms with Gasteiger partial charge in [-0.05, 0) is 39.1 Å². The van der Waals surface area contributed by atoms with Gasteiger partial charge in [-0.25, -0.2) is 0 Å². The third kappa shape index (κ3) is 4.84. The van der Waals surface area contributed by atoms with Gasteiger partial charge in [-0.1, -0.05) is 60.7 Å². The molecule has 0 aromatic heterocycles. The van der Waals surface area contributed by atoms with Crippen LogP contribution in [0.15, 0.2) is 54.6 Å². The van der Waals surface area contributed by atoms with E-state index in [0.717, 1.165) is 12.1 Å². The zero-order valence-corrected chi connectivity index (χ0v) is 22.9. The third-order valence-corrected chi connectivity index (χ3v) is 8.60. The summed E-state index contributed by atoms with van der Waals surface area (Å²) < 4.78 is 260. The molecule has 47 heavy (non-hydrogen) atoms. The Morgan fingerprint density at radius 3 is 1.60 bits per heavy atom. The summed E-state index contributed by atoms with van der Waals surface area (Å²) in [6.07, 6.45) is -8.74. The minimum absolute atomic E-state index is 0.000825. The minimum Gasteiger partial charge on any atom is -0.257 e. The van der Waals surface area contributed by atoms with Crippen LogP contribution in [0.3, 0.4) is 0 Å². The standard InChI is InChI=1S/C26H13F17O3S/c27-19(28,21(31,32)23(35,36)25(39,40)41)20(29,30)22(33,34)24(37,38)26(42,43)47(44,45)46-18-7-3-6-14-16-9-8-12-4-1-2-5-13(12)15(16)10-11-17(14)18/h1-6,8-11,18H,7H2. The Kier molecular flexibility index (Phi) is 8.20. The summed E-state index contributed by atoms with van der Waals surface area (Å²) in [4.78, 5) is 0. The molecule has 0 aliphatic heterocycles. The number of fused-ring (bicyclic) bond motifs is 5. The molecule has 1 atom stereocenters. The molecule has 3 aromatic carbocycles. The molecule has 1 aliphatic rings. The second-order valence-corrected chi connectivity index (χ2v) is 11.7. The first kappa shape index (κ1) is 36.5. The molecule has 0 spiro atoms. The molecule has 0 radical (unpaired) electrons. The maximum Gasteiger partial charge on any atom is 0.460 e. The SMILES string of the molecule is O=S(=O)(OC1CC=Cc2c1ccc1c2ccc2ccccc21)C(F)(F)C(F)(F)C(F)(F)C(F)(F)C(F)(F)C(F)(F)C(F)(F)C(F)(F)F. The molecule has 21 heteroatoms. The smallest absolute Gasteiger partial charge is 0.257 e. The monoisotopic (exact) mass is 728 g/mol. The second-order valence-electron chi connectivity index (χ2n) is 10.1. The van der Waals surface area contributed by atoms with Crippen LogP contribution in [0.1, 0.15) is 23.7 Å². The van der Waals surface area contributed by atoms with Gasteiger partial charge >= 0.3 is 57.1 Å². The van der Waals surface area contributed by atoms with Gasteiger partial charge in [-0.15, -0.1) is 0 Å². The fraction of sp³-hybridized carbons (Fsp3) is 0.385. The normalized spacial score (nSPS) is 17.8. The van der Waals surface area contributed by atoms with Crippen LogP contribution < -0.4 is 0 Å². The van der Waals surface area contributed by atoms with Crippen molar-refractivity contribution in [1.82, 2.24) is 0 Å². The first-order chi connectivity index (χ1) is 21.0. The van der Waals surface area contributed by atoms with Gasteiger partial charge in [0.05, 0.1) is 0 Å². The van der Waals surface area contributed by atoms with Crippen LogP contribution >= 0.6 is 0 Å². The fourth-order valence-corrected chi connectivity index (χ4v) is 5.69. The zero-order valence-electron chi connectivity index (χ0n) is 22.1. The van der Waals surface area contributed by atoms with E-state index >= 15 is 0 Å². The molecule has 1 aliphatic carbocycles. The Hall–Kier alpha value is -3.36. The zero-order chi connectivity index (χ0) is 36.0. The van der Waals surface area contributed by atoms with E-state index in [-0.39, 0.29) is 10.9 Å². The van der Waals surface area contributed by atoms with Crippen molar-refractivity contribution in [1.29, 1.82) is 0 Å². The van der Waals surface area contributed by atoms with E-state index in [1.54, 1.807) is 30.3 Å². The van der Waals surface area contributed by atoms with Crippen LogP contribution in [-0.2, 0) is 14.3 Å². The quantitative estimate of drug-likeness (QED) is 0.125. The van der Waals surface area contributed by atoms with E-state index in [1.165, 1.54) is 18.2 Å². The van der Waals surface area contributed by atoms with E-state index in [0.29, 0.717) is 16.2 Å². The summed E-state index contributed by atoms with van der Waals surface area (Å²) in [6.45, 7) is 0. The third-order valence-electron chi connectivity index (χ3n) is 7.23. The predicted molar refractivity (Wildman–Crippen MR) is 129 cm³/mol. The lowest BCUT2D eigenvalue weighted by molar-refractivity contribution is -0.458. The molecule has 4 rings (SSSR count). The lowest BCUT2D eigenvalue weighted by Gasteiger charge is -2.42. The molecule has 0 N–H and O–H groups in total. The van der Waals surface area contributed by atoms with Crippen LogP contribution in [0.4, 0.5) is 74.6 Å². The van der Waals surface area contributed by atoms with Crippen LogP contribution in [0.5, 0.6) is 0 Å². The Bertz CT molecular complexity index is 1850. The Morgan fingerprint density at radius 2 is 1.04 bits per heavy atom. The largest absolute Gasteiger partial charge is 0.460 e. The first-order valence-electron chi connectivity index (χ1n) is 12.3. The highest BCUT2D eigenvalue weighted by molar-refractivity contribution is 7.87. The summed E-state index contributed by atoms with van der Waals surface area (Å²) in [6, 6.07) is 11.9. The highest BCUT2D eigenvalue weighted by Gasteiger charge is 2.96. The number of hydrogen-bond acceptors (Lipinski definition) is 3. The van der Waals surface area contributed by atoms with E-state index in [4.69, 9.17) is 0 Å². The van der Waals surface area contributed by atoms with Crippen molar-refractivity contribution in [3.63, 3.8) is 0 Å². The molecule has 260 valence electrons. The predicted octanol–water partition coefficient (Wildman–Crippen LogP) is 9.76. The summed E-state index contributed by atoms with van der Waals surface area (Å²) in [5.74, 6) is -52.1. The van der Waals surface area contributed by atoms with Crippen molar-refractivity contribution in [3.8, 4) is 0 Å². The van der Waals surface area contributed by atoms with Gasteiger partial charge in [0.2, 0.25) is 0 Å². The van der Waals surface area contributed by atoms with E-state index in [1.807, 2.05) is 0 Å². The van der Waals surface area contributed by atoms with Crippen LogP contribution in [-0.4, -0.2) is 55.4 Å². The summed E-state index contributed by atoms with van der Waals surface area (Å²) >= 11 is 0. The Balaban J connectivity index is 1.74. The number of rotatable bonds is 9. The van der Waals surface area contributed by atoms with Crippen molar-refractivity contribution < 1.29 is 87.2 Å². The van der Waals surface area contributed by atoms with Crippen molar-refractivity contribution >= 4 is 37.7 Å². The highest BCUT2D eigenvalue weighted by Crippen LogP contribution is 2.64. The maximum atomic E-state index is 14.6. The van der Waals surface area contributed by atoms with Gasteiger partial charge < -0.3 is 0 Å². The summed E-state index contributed by atoms with van der Waals surface area (Å²) in [7, 11) is -7.71. The van der Waals surface area contributed by atoms with E-state index < -0.39 is 75.2 Å². The summed E-state index contributed by atoms with van der Waals surface area (Å²) in [5.41, 5.74) is -0.394. The van der Waals surface area contributed by atoms with Crippen LogP contribution in [0.2, 0.25) is 0 Å². The number of halogens is 17. The molecule has 0 fully saturated rings. The molecule has 3 nitrogen and oxygen atoms in total. The molecule has 0 amide bonds. The Labute approximate surface area is 250 Å². The molecule has 3 aromatic rings. The minimum atomic E-state index is -8.91. The number of hydrogen-bond donors (Lipinski definition) is 0. The van der Waals surface area contributed by atoms with E-state index in [9.17, 15) is 83.1 Å². The van der Waals surface area contributed by atoms with E-state index in [2.05, 4.69) is 4.18 Å². The maximum absolute atomic E-state index is 14.6. The van der Waals surface area contributed by atoms with Gasteiger partial charge in [0.15, 0.2) is 0 Å². The van der Waals surface area contributed by atoms with Crippen LogP contribution in [0.25, 0.3) is 27.6 Å². The average Bonchev–Trinajstić information content (AvgIpc) is 2.95. The summed E-state index contributed by atoms with van der Waals surface area (Å²) in [5, 5.41) is -5.74. The molecule has 0 saturated heterocycles. The molecular weight excluding hydrogens is 715 g/mol. The van der Waals surface area contributed by atoms with Crippen LogP contribution in [0, 0.1) is 0 Å². The molecule has 1 unspecified atom stereocenters. The lowest BCUT2D eigenvalue weighted by atomic mass is 9.89. The second kappa shape index (κ2) is 10.6. The van der Waals surface area contributed by atoms with Crippen molar-refractivity contribution in [2.24, 2.45) is 0 Å². The van der Waals surface area contributed by atoms with Gasteiger partial charge in [0.25, 0.3) is 0 Å². The lowest BCUT2D eigenvalue weighted by Crippen LogP contribution is -2.75. The molecule has 0 saturated carbocycles. The van der Waals surface area contributed by atoms with Gasteiger partial charge in [-0.3, -0.25) is 4.18 Å².